The lowest BCUT2D eigenvalue weighted by molar-refractivity contribution is -0.158. The number of carbonyl (C=O) groups excluding carboxylic acids is 2. The molecular weight excluding hydrogens is 324 g/mol. The maximum atomic E-state index is 12.5. The zero-order valence-electron chi connectivity index (χ0n) is 14.6. The van der Waals surface area contributed by atoms with Crippen molar-refractivity contribution in [1.82, 2.24) is 10.2 Å². The molecule has 2 amide bonds. The Bertz CT molecular complexity index is 644. The highest BCUT2D eigenvalue weighted by molar-refractivity contribution is 5.78. The van der Waals surface area contributed by atoms with Gasteiger partial charge in [-0.15, -0.1) is 0 Å². The molecule has 1 N–H and O–H groups in total. The maximum Gasteiger partial charge on any atom is 0.336 e. The van der Waals surface area contributed by atoms with Gasteiger partial charge in [-0.1, -0.05) is 18.2 Å². The molecule has 2 fully saturated rings. The number of methoxy groups -OCH3 is 2. The quantitative estimate of drug-likeness (QED) is 0.812. The van der Waals surface area contributed by atoms with Crippen molar-refractivity contribution in [3.05, 3.63) is 29.8 Å². The minimum absolute atomic E-state index is 0.0592. The smallest absolute Gasteiger partial charge is 0.336 e. The Labute approximate surface area is 147 Å². The van der Waals surface area contributed by atoms with Gasteiger partial charge in [-0.2, -0.15) is 0 Å². The molecule has 0 unspecified atom stereocenters. The summed E-state index contributed by atoms with van der Waals surface area (Å²) in [5.41, 5.74) is 1.07. The number of urea groups is 1. The van der Waals surface area contributed by atoms with Crippen LogP contribution in [0.5, 0.6) is 5.75 Å². The van der Waals surface area contributed by atoms with E-state index in [9.17, 15) is 9.59 Å². The number of carbonyl (C=O) groups is 2. The molecule has 1 atom stereocenters. The summed E-state index contributed by atoms with van der Waals surface area (Å²) in [5.74, 6) is 0.400. The molecule has 1 aromatic carbocycles. The minimum atomic E-state index is -0.714. The van der Waals surface area contributed by atoms with Crippen LogP contribution in [0.25, 0.3) is 0 Å². The van der Waals surface area contributed by atoms with Gasteiger partial charge < -0.3 is 24.4 Å². The third kappa shape index (κ3) is 3.71. The molecule has 7 heteroatoms. The van der Waals surface area contributed by atoms with E-state index in [0.717, 1.165) is 24.2 Å². The van der Waals surface area contributed by atoms with Crippen LogP contribution < -0.4 is 10.1 Å². The number of amides is 2. The average molecular weight is 348 g/mol. The molecule has 1 heterocycles. The van der Waals surface area contributed by atoms with E-state index in [4.69, 9.17) is 9.47 Å². The highest BCUT2D eigenvalue weighted by Gasteiger charge is 2.46. The van der Waals surface area contributed by atoms with E-state index in [1.54, 1.807) is 12.0 Å². The minimum Gasteiger partial charge on any atom is -0.496 e. The molecule has 136 valence electrons. The molecule has 0 bridgehead atoms. The van der Waals surface area contributed by atoms with E-state index in [1.165, 1.54) is 7.11 Å². The van der Waals surface area contributed by atoms with Crippen LogP contribution in [-0.2, 0) is 19.7 Å². The number of hydrogen-bond donors (Lipinski definition) is 1. The molecular formula is C18H24N2O5. The molecule has 0 spiro atoms. The van der Waals surface area contributed by atoms with E-state index >= 15 is 0 Å². The molecule has 1 saturated heterocycles. The van der Waals surface area contributed by atoms with E-state index in [1.807, 2.05) is 18.2 Å². The Kier molecular flexibility index (Phi) is 5.13. The molecule has 0 radical (unpaired) electrons. The third-order valence-corrected chi connectivity index (χ3v) is 4.93. The van der Waals surface area contributed by atoms with E-state index in [-0.39, 0.29) is 18.0 Å². The summed E-state index contributed by atoms with van der Waals surface area (Å²) < 4.78 is 15.5. The summed E-state index contributed by atoms with van der Waals surface area (Å²) in [7, 11) is 2.98. The predicted octanol–water partition coefficient (Wildman–Crippen LogP) is 1.31. The van der Waals surface area contributed by atoms with E-state index in [2.05, 4.69) is 16.1 Å². The first-order valence-corrected chi connectivity index (χ1v) is 8.45. The Morgan fingerprint density at radius 3 is 2.76 bits per heavy atom. The predicted molar refractivity (Wildman–Crippen MR) is 90.6 cm³/mol. The summed E-state index contributed by atoms with van der Waals surface area (Å²) in [6.45, 7) is 1.54. The molecule has 7 nitrogen and oxygen atoms in total. The second kappa shape index (κ2) is 7.31. The Morgan fingerprint density at radius 1 is 1.32 bits per heavy atom. The van der Waals surface area contributed by atoms with Crippen molar-refractivity contribution in [3.63, 3.8) is 0 Å². The lowest BCUT2D eigenvalue weighted by Crippen LogP contribution is -2.52. The van der Waals surface area contributed by atoms with Crippen LogP contribution in [-0.4, -0.2) is 63.5 Å². The maximum absolute atomic E-state index is 12.5. The lowest BCUT2D eigenvalue weighted by Gasteiger charge is -2.32. The van der Waals surface area contributed by atoms with Crippen LogP contribution in [0.15, 0.2) is 24.3 Å². The number of esters is 1. The van der Waals surface area contributed by atoms with Gasteiger partial charge in [-0.25, -0.2) is 9.59 Å². The van der Waals surface area contributed by atoms with Gasteiger partial charge in [0, 0.05) is 24.1 Å². The largest absolute Gasteiger partial charge is 0.496 e. The molecule has 25 heavy (non-hydrogen) atoms. The number of nitrogens with zero attached hydrogens (tertiary/aromatic N) is 1. The SMILES string of the molecule is COC(=O)[C@H]1CN(C(=O)NCC2(c3ccccc3OC)CC2)CCO1. The summed E-state index contributed by atoms with van der Waals surface area (Å²) >= 11 is 0. The molecule has 0 aromatic heterocycles. The van der Waals surface area contributed by atoms with Crippen molar-refractivity contribution in [3.8, 4) is 5.75 Å². The van der Waals surface area contributed by atoms with Gasteiger partial charge in [0.15, 0.2) is 6.10 Å². The van der Waals surface area contributed by atoms with Gasteiger partial charge >= 0.3 is 12.0 Å². The number of rotatable bonds is 5. The molecule has 1 aliphatic carbocycles. The molecule has 2 aliphatic rings. The van der Waals surface area contributed by atoms with Crippen molar-refractivity contribution in [2.45, 2.75) is 24.4 Å². The van der Waals surface area contributed by atoms with Crippen LogP contribution in [0.4, 0.5) is 4.79 Å². The molecule has 1 saturated carbocycles. The van der Waals surface area contributed by atoms with Gasteiger partial charge in [0.05, 0.1) is 27.4 Å². The van der Waals surface area contributed by atoms with Crippen LogP contribution in [0.1, 0.15) is 18.4 Å². The first-order valence-electron chi connectivity index (χ1n) is 8.45. The number of hydrogen-bond acceptors (Lipinski definition) is 5. The number of benzene rings is 1. The number of nitrogens with one attached hydrogen (secondary N) is 1. The van der Waals surface area contributed by atoms with Crippen LogP contribution in [0, 0.1) is 0 Å². The molecule has 3 rings (SSSR count). The normalized spacial score (nSPS) is 21.4. The van der Waals surface area contributed by atoms with Crippen molar-refractivity contribution in [1.29, 1.82) is 0 Å². The number of ether oxygens (including phenoxy) is 3. The van der Waals surface area contributed by atoms with E-state index < -0.39 is 12.1 Å². The fraction of sp³-hybridized carbons (Fsp3) is 0.556. The zero-order valence-corrected chi connectivity index (χ0v) is 14.6. The first-order chi connectivity index (χ1) is 12.1. The van der Waals surface area contributed by atoms with Crippen LogP contribution in [0.3, 0.4) is 0 Å². The van der Waals surface area contributed by atoms with Crippen molar-refractivity contribution >= 4 is 12.0 Å². The highest BCUT2D eigenvalue weighted by Crippen LogP contribution is 2.50. The summed E-state index contributed by atoms with van der Waals surface area (Å²) in [4.78, 5) is 25.7. The highest BCUT2D eigenvalue weighted by atomic mass is 16.6. The third-order valence-electron chi connectivity index (χ3n) is 4.93. The summed E-state index contributed by atoms with van der Waals surface area (Å²) in [6, 6.07) is 7.75. The number of morpholine rings is 1. The summed E-state index contributed by atoms with van der Waals surface area (Å²) in [6.07, 6.45) is 1.32. The lowest BCUT2D eigenvalue weighted by atomic mass is 9.95. The van der Waals surface area contributed by atoms with Crippen LogP contribution in [0.2, 0.25) is 0 Å². The monoisotopic (exact) mass is 348 g/mol. The van der Waals surface area contributed by atoms with Crippen molar-refractivity contribution < 1.29 is 23.8 Å². The zero-order chi connectivity index (χ0) is 17.9. The average Bonchev–Trinajstić information content (AvgIpc) is 3.46. The Hall–Kier alpha value is -2.28. The fourth-order valence-electron chi connectivity index (χ4n) is 3.24. The van der Waals surface area contributed by atoms with Crippen molar-refractivity contribution in [2.75, 3.05) is 40.5 Å². The molecule has 1 aromatic rings. The van der Waals surface area contributed by atoms with Gasteiger partial charge in [0.2, 0.25) is 0 Å². The second-order valence-electron chi connectivity index (χ2n) is 6.47. The first kappa shape index (κ1) is 17.5. The standard InChI is InChI=1S/C18H24N2O5/c1-23-14-6-4-3-5-13(14)18(7-8-18)12-19-17(22)20-9-10-25-15(11-20)16(21)24-2/h3-6,15H,7-12H2,1-2H3,(H,19,22)/t15-/m1/s1. The van der Waals surface area contributed by atoms with Gasteiger partial charge in [0.1, 0.15) is 5.75 Å². The second-order valence-corrected chi connectivity index (χ2v) is 6.47. The molecule has 1 aliphatic heterocycles. The van der Waals surface area contributed by atoms with E-state index in [0.29, 0.717) is 19.7 Å². The van der Waals surface area contributed by atoms with Gasteiger partial charge in [0.25, 0.3) is 0 Å². The van der Waals surface area contributed by atoms with Crippen LogP contribution >= 0.6 is 0 Å². The summed E-state index contributed by atoms with van der Waals surface area (Å²) in [5, 5.41) is 3.01. The Balaban J connectivity index is 1.60. The Morgan fingerprint density at radius 2 is 2.08 bits per heavy atom. The number of para-hydroxylation sites is 1. The van der Waals surface area contributed by atoms with Gasteiger partial charge in [-0.05, 0) is 18.9 Å². The van der Waals surface area contributed by atoms with Crippen molar-refractivity contribution in [2.24, 2.45) is 0 Å². The topological polar surface area (TPSA) is 77.1 Å². The fourth-order valence-corrected chi connectivity index (χ4v) is 3.24. The van der Waals surface area contributed by atoms with Gasteiger partial charge in [-0.3, -0.25) is 0 Å².